The van der Waals surface area contributed by atoms with Crippen LogP contribution in [0.5, 0.6) is 0 Å². The van der Waals surface area contributed by atoms with Crippen molar-refractivity contribution >= 4 is 43.6 Å². The second-order valence-corrected chi connectivity index (χ2v) is 8.15. The number of benzene rings is 2. The predicted octanol–water partition coefficient (Wildman–Crippen LogP) is 2.30. The fourth-order valence-corrected chi connectivity index (χ4v) is 4.55. The smallest absolute Gasteiger partial charge is 0.320 e. The molecule has 9 heteroatoms. The Morgan fingerprint density at radius 2 is 1.68 bits per heavy atom. The molecule has 0 saturated carbocycles. The van der Waals surface area contributed by atoms with Crippen molar-refractivity contribution in [2.24, 2.45) is 0 Å². The quantitative estimate of drug-likeness (QED) is 0.656. The zero-order valence-electron chi connectivity index (χ0n) is 13.0. The van der Waals surface area contributed by atoms with E-state index in [-0.39, 0.29) is 4.90 Å². The second-order valence-electron chi connectivity index (χ2n) is 5.65. The molecule has 1 aliphatic rings. The Morgan fingerprint density at radius 1 is 1.04 bits per heavy atom. The molecule has 0 aromatic heterocycles. The molecular weight excluding hydrogens is 410 g/mol. The fourth-order valence-electron chi connectivity index (χ4n) is 2.49. The molecule has 25 heavy (non-hydrogen) atoms. The normalized spacial score (nSPS) is 20.1. The summed E-state index contributed by atoms with van der Waals surface area (Å²) in [5.41, 5.74) is -0.302. The molecule has 1 aliphatic heterocycles. The lowest BCUT2D eigenvalue weighted by Crippen LogP contribution is -2.40. The van der Waals surface area contributed by atoms with Gasteiger partial charge < -0.3 is 5.32 Å². The van der Waals surface area contributed by atoms with Gasteiger partial charge in [-0.05, 0) is 52.7 Å². The van der Waals surface area contributed by atoms with Gasteiger partial charge in [0.15, 0.2) is 0 Å². The van der Waals surface area contributed by atoms with Crippen LogP contribution in [0.4, 0.5) is 10.5 Å². The number of rotatable bonds is 4. The highest BCUT2D eigenvalue weighted by molar-refractivity contribution is 9.10. The van der Waals surface area contributed by atoms with E-state index >= 15 is 0 Å². The molecule has 3 amide bonds. The lowest BCUT2D eigenvalue weighted by molar-refractivity contribution is -0.123. The van der Waals surface area contributed by atoms with Gasteiger partial charge in [0.2, 0.25) is 0 Å². The number of sulfonamides is 1. The van der Waals surface area contributed by atoms with Gasteiger partial charge in [0.05, 0.1) is 0 Å². The molecule has 0 unspecified atom stereocenters. The van der Waals surface area contributed by atoms with Crippen molar-refractivity contribution in [2.45, 2.75) is 17.4 Å². The number of halogens is 1. The zero-order valence-corrected chi connectivity index (χ0v) is 15.4. The predicted molar refractivity (Wildman–Crippen MR) is 95.4 cm³/mol. The minimum Gasteiger partial charge on any atom is -0.320 e. The van der Waals surface area contributed by atoms with Gasteiger partial charge >= 0.3 is 6.03 Å². The summed E-state index contributed by atoms with van der Waals surface area (Å²) in [6.07, 6.45) is 0. The minimum absolute atomic E-state index is 0.119. The van der Waals surface area contributed by atoms with Crippen molar-refractivity contribution in [3.8, 4) is 0 Å². The number of hydrogen-bond acceptors (Lipinski definition) is 4. The van der Waals surface area contributed by atoms with Gasteiger partial charge in [0.1, 0.15) is 10.4 Å². The first-order valence-corrected chi connectivity index (χ1v) is 9.51. The molecule has 0 spiro atoms. The molecule has 3 rings (SSSR count). The van der Waals surface area contributed by atoms with E-state index in [1.165, 1.54) is 18.2 Å². The lowest BCUT2D eigenvalue weighted by Gasteiger charge is -2.21. The molecule has 3 N–H and O–H groups in total. The molecule has 7 nitrogen and oxygen atoms in total. The molecule has 2 aromatic carbocycles. The van der Waals surface area contributed by atoms with E-state index in [0.717, 1.165) is 0 Å². The van der Waals surface area contributed by atoms with Crippen LogP contribution >= 0.6 is 15.9 Å². The number of imide groups is 1. The summed E-state index contributed by atoms with van der Waals surface area (Å²) < 4.78 is 27.9. The zero-order chi connectivity index (χ0) is 18.2. The van der Waals surface area contributed by atoms with Gasteiger partial charge in [-0.1, -0.05) is 24.3 Å². The average Bonchev–Trinajstić information content (AvgIpc) is 2.81. The lowest BCUT2D eigenvalue weighted by atomic mass is 9.92. The third-order valence-corrected chi connectivity index (χ3v) is 6.28. The van der Waals surface area contributed by atoms with Crippen molar-refractivity contribution in [1.82, 2.24) is 10.6 Å². The van der Waals surface area contributed by atoms with E-state index in [4.69, 9.17) is 0 Å². The monoisotopic (exact) mass is 423 g/mol. The Balaban J connectivity index is 1.85. The summed E-state index contributed by atoms with van der Waals surface area (Å²) >= 11 is 3.22. The molecule has 1 heterocycles. The largest absolute Gasteiger partial charge is 0.322 e. The number of carbonyl (C=O) groups is 2. The first kappa shape index (κ1) is 17.4. The van der Waals surface area contributed by atoms with Crippen LogP contribution in [0.25, 0.3) is 0 Å². The fraction of sp³-hybridized carbons (Fsp3) is 0.125. The molecule has 1 fully saturated rings. The van der Waals surface area contributed by atoms with E-state index in [2.05, 4.69) is 31.3 Å². The Hall–Kier alpha value is -2.39. The first-order chi connectivity index (χ1) is 11.7. The summed E-state index contributed by atoms with van der Waals surface area (Å²) in [5, 5.41) is 4.73. The number of hydrogen-bond donors (Lipinski definition) is 3. The van der Waals surface area contributed by atoms with Crippen molar-refractivity contribution in [3.63, 3.8) is 0 Å². The minimum atomic E-state index is -3.76. The molecule has 0 aliphatic carbocycles. The van der Waals surface area contributed by atoms with Crippen LogP contribution in [0.1, 0.15) is 12.5 Å². The molecule has 1 atom stereocenters. The summed E-state index contributed by atoms with van der Waals surface area (Å²) in [5.74, 6) is -0.459. The van der Waals surface area contributed by atoms with Crippen molar-refractivity contribution < 1.29 is 18.0 Å². The number of carbonyl (C=O) groups excluding carboxylic acids is 2. The summed E-state index contributed by atoms with van der Waals surface area (Å²) in [6.45, 7) is 1.58. The van der Waals surface area contributed by atoms with E-state index < -0.39 is 27.5 Å². The van der Waals surface area contributed by atoms with Gasteiger partial charge in [0.25, 0.3) is 15.9 Å². The summed E-state index contributed by atoms with van der Waals surface area (Å²) in [6, 6.07) is 12.2. The van der Waals surface area contributed by atoms with Crippen LogP contribution in [-0.2, 0) is 20.4 Å². The van der Waals surface area contributed by atoms with E-state index in [1.807, 2.05) is 0 Å². The molecule has 0 radical (unpaired) electrons. The Kier molecular flexibility index (Phi) is 4.29. The van der Waals surface area contributed by atoms with E-state index in [0.29, 0.717) is 15.7 Å². The van der Waals surface area contributed by atoms with E-state index in [1.54, 1.807) is 37.3 Å². The van der Waals surface area contributed by atoms with E-state index in [9.17, 15) is 18.0 Å². The van der Waals surface area contributed by atoms with Crippen LogP contribution in [0.3, 0.4) is 0 Å². The van der Waals surface area contributed by atoms with Crippen molar-refractivity contribution in [3.05, 3.63) is 58.6 Å². The number of amides is 3. The van der Waals surface area contributed by atoms with Crippen LogP contribution in [0.15, 0.2) is 57.9 Å². The Bertz CT molecular complexity index is 960. The van der Waals surface area contributed by atoms with Crippen LogP contribution in [0.2, 0.25) is 0 Å². The summed E-state index contributed by atoms with van der Waals surface area (Å²) in [7, 11) is -3.76. The maximum Gasteiger partial charge on any atom is 0.322 e. The molecular formula is C16H14BrN3O4S. The maximum absolute atomic E-state index is 12.5. The van der Waals surface area contributed by atoms with Crippen molar-refractivity contribution in [2.75, 3.05) is 4.72 Å². The topological polar surface area (TPSA) is 104 Å². The standard InChI is InChI=1S/C16H14BrN3O4S/c1-16(14(21)18-15(22)19-16)10-6-8-11(9-7-10)20-25(23,24)13-5-3-2-4-12(13)17/h2-9,20H,1H3,(H2,18,19,21,22)/t16-/m1/s1. The second kappa shape index (κ2) is 6.16. The SMILES string of the molecule is C[C@]1(c2ccc(NS(=O)(=O)c3ccccc3Br)cc2)NC(=O)NC1=O. The van der Waals surface area contributed by atoms with Crippen LogP contribution in [-0.4, -0.2) is 20.4 Å². The van der Waals surface area contributed by atoms with Crippen molar-refractivity contribution in [1.29, 1.82) is 0 Å². The highest BCUT2D eigenvalue weighted by Gasteiger charge is 2.43. The van der Waals surface area contributed by atoms with Gasteiger partial charge in [-0.25, -0.2) is 13.2 Å². The third kappa shape index (κ3) is 3.24. The molecule has 130 valence electrons. The third-order valence-electron chi connectivity index (χ3n) is 3.89. The van der Waals surface area contributed by atoms with Gasteiger partial charge in [-0.2, -0.15) is 0 Å². The molecule has 0 bridgehead atoms. The average molecular weight is 424 g/mol. The van der Waals surface area contributed by atoms with Crippen LogP contribution < -0.4 is 15.4 Å². The van der Waals surface area contributed by atoms with Gasteiger partial charge in [0, 0.05) is 10.2 Å². The first-order valence-electron chi connectivity index (χ1n) is 7.24. The summed E-state index contributed by atoms with van der Waals surface area (Å²) in [4.78, 5) is 23.4. The van der Waals surface area contributed by atoms with Gasteiger partial charge in [-0.3, -0.25) is 14.8 Å². The van der Waals surface area contributed by atoms with Crippen LogP contribution in [0, 0.1) is 0 Å². The highest BCUT2D eigenvalue weighted by Crippen LogP contribution is 2.27. The molecule has 2 aromatic rings. The maximum atomic E-state index is 12.5. The highest BCUT2D eigenvalue weighted by atomic mass is 79.9. The molecule has 1 saturated heterocycles. The number of nitrogens with one attached hydrogen (secondary N) is 3. The van der Waals surface area contributed by atoms with Gasteiger partial charge in [-0.15, -0.1) is 0 Å². The number of anilines is 1. The Labute approximate surface area is 153 Å². The number of urea groups is 1. The Morgan fingerprint density at radius 3 is 2.24 bits per heavy atom.